The fourth-order valence-electron chi connectivity index (χ4n) is 2.00. The molecule has 0 aliphatic heterocycles. The van der Waals surface area contributed by atoms with Crippen molar-refractivity contribution in [3.05, 3.63) is 39.9 Å². The molecule has 1 amide bonds. The number of halogens is 1. The minimum Gasteiger partial charge on any atom is -0.387 e. The van der Waals surface area contributed by atoms with Crippen molar-refractivity contribution in [2.24, 2.45) is 0 Å². The summed E-state index contributed by atoms with van der Waals surface area (Å²) in [5.74, 6) is 0.393. The first-order chi connectivity index (χ1) is 9.67. The molecule has 1 aromatic heterocycles. The van der Waals surface area contributed by atoms with Gasteiger partial charge in [-0.15, -0.1) is 11.3 Å². The van der Waals surface area contributed by atoms with Crippen molar-refractivity contribution in [1.82, 2.24) is 4.98 Å². The summed E-state index contributed by atoms with van der Waals surface area (Å²) in [6.45, 7) is 0. The molecular weight excluding hydrogens is 294 g/mol. The molecule has 1 aliphatic carbocycles. The quantitative estimate of drug-likeness (QED) is 0.898. The molecule has 2 aromatic rings. The average molecular weight is 308 g/mol. The van der Waals surface area contributed by atoms with Crippen molar-refractivity contribution in [2.45, 2.75) is 18.8 Å². The van der Waals surface area contributed by atoms with E-state index in [0.29, 0.717) is 21.6 Å². The van der Waals surface area contributed by atoms with Gasteiger partial charge in [0.15, 0.2) is 5.13 Å². The third-order valence-electron chi connectivity index (χ3n) is 3.23. The van der Waals surface area contributed by atoms with E-state index in [0.717, 1.165) is 11.4 Å². The zero-order chi connectivity index (χ0) is 14.1. The smallest absolute Gasteiger partial charge is 0.259 e. The predicted molar refractivity (Wildman–Crippen MR) is 83.0 cm³/mol. The van der Waals surface area contributed by atoms with Crippen LogP contribution in [0.2, 0.25) is 5.02 Å². The lowest BCUT2D eigenvalue weighted by atomic mass is 10.1. The number of rotatable bonds is 4. The maximum atomic E-state index is 12.3. The monoisotopic (exact) mass is 307 g/mol. The van der Waals surface area contributed by atoms with Crippen LogP contribution in [0, 0.1) is 0 Å². The van der Waals surface area contributed by atoms with Crippen LogP contribution in [0.1, 0.15) is 34.8 Å². The summed E-state index contributed by atoms with van der Waals surface area (Å²) in [6, 6.07) is 5.19. The lowest BCUT2D eigenvalue weighted by Gasteiger charge is -2.08. The summed E-state index contributed by atoms with van der Waals surface area (Å²) >= 11 is 7.42. The number of amides is 1. The first-order valence-corrected chi connectivity index (χ1v) is 7.67. The SMILES string of the molecule is CNc1ccc(Cl)cc1C(=O)Nc1nc(C2CC2)cs1. The van der Waals surface area contributed by atoms with Crippen molar-refractivity contribution in [3.8, 4) is 0 Å². The van der Waals surface area contributed by atoms with E-state index in [2.05, 4.69) is 15.6 Å². The third-order valence-corrected chi connectivity index (χ3v) is 4.24. The van der Waals surface area contributed by atoms with Crippen molar-refractivity contribution >= 4 is 39.7 Å². The second-order valence-corrected chi connectivity index (χ2v) is 6.04. The summed E-state index contributed by atoms with van der Waals surface area (Å²) in [7, 11) is 1.77. The van der Waals surface area contributed by atoms with Crippen molar-refractivity contribution in [2.75, 3.05) is 17.7 Å². The lowest BCUT2D eigenvalue weighted by Crippen LogP contribution is -2.14. The van der Waals surface area contributed by atoms with Crippen LogP contribution >= 0.6 is 22.9 Å². The van der Waals surface area contributed by atoms with E-state index in [-0.39, 0.29) is 5.91 Å². The molecule has 1 aromatic carbocycles. The normalized spacial score (nSPS) is 14.1. The summed E-state index contributed by atoms with van der Waals surface area (Å²) in [6.07, 6.45) is 2.41. The fraction of sp³-hybridized carbons (Fsp3) is 0.286. The Balaban J connectivity index is 1.79. The summed E-state index contributed by atoms with van der Waals surface area (Å²) in [4.78, 5) is 16.7. The molecule has 0 saturated heterocycles. The molecule has 0 radical (unpaired) electrons. The van der Waals surface area contributed by atoms with Gasteiger partial charge in [-0.2, -0.15) is 0 Å². The lowest BCUT2D eigenvalue weighted by molar-refractivity contribution is 0.102. The van der Waals surface area contributed by atoms with Crippen LogP contribution in [-0.2, 0) is 0 Å². The molecule has 4 nitrogen and oxygen atoms in total. The Hall–Kier alpha value is -1.59. The van der Waals surface area contributed by atoms with Crippen LogP contribution in [0.3, 0.4) is 0 Å². The van der Waals surface area contributed by atoms with Gasteiger partial charge in [0.05, 0.1) is 11.3 Å². The number of nitrogens with zero attached hydrogens (tertiary/aromatic N) is 1. The minimum atomic E-state index is -0.200. The fourth-order valence-corrected chi connectivity index (χ4v) is 2.96. The molecule has 0 spiro atoms. The molecule has 1 aliphatic rings. The van der Waals surface area contributed by atoms with Gasteiger partial charge in [0.1, 0.15) is 0 Å². The number of hydrogen-bond acceptors (Lipinski definition) is 4. The van der Waals surface area contributed by atoms with E-state index >= 15 is 0 Å². The van der Waals surface area contributed by atoms with Gasteiger partial charge >= 0.3 is 0 Å². The molecule has 1 fully saturated rings. The van der Waals surface area contributed by atoms with Gasteiger partial charge < -0.3 is 5.32 Å². The highest BCUT2D eigenvalue weighted by Gasteiger charge is 2.26. The Morgan fingerprint density at radius 2 is 2.25 bits per heavy atom. The number of anilines is 2. The molecule has 3 rings (SSSR count). The third kappa shape index (κ3) is 2.78. The maximum Gasteiger partial charge on any atom is 0.259 e. The van der Waals surface area contributed by atoms with Gasteiger partial charge in [0.25, 0.3) is 5.91 Å². The van der Waals surface area contributed by atoms with Gasteiger partial charge in [-0.05, 0) is 31.0 Å². The zero-order valence-electron chi connectivity index (χ0n) is 10.9. The van der Waals surface area contributed by atoms with Gasteiger partial charge in [-0.1, -0.05) is 11.6 Å². The predicted octanol–water partition coefficient (Wildman–Crippen LogP) is 3.97. The van der Waals surface area contributed by atoms with Crippen LogP contribution in [0.4, 0.5) is 10.8 Å². The number of thiazole rings is 1. The van der Waals surface area contributed by atoms with E-state index in [1.807, 2.05) is 5.38 Å². The number of aromatic nitrogens is 1. The van der Waals surface area contributed by atoms with E-state index in [9.17, 15) is 4.79 Å². The van der Waals surface area contributed by atoms with E-state index in [4.69, 9.17) is 11.6 Å². The number of nitrogens with one attached hydrogen (secondary N) is 2. The van der Waals surface area contributed by atoms with Crippen LogP contribution in [-0.4, -0.2) is 17.9 Å². The highest BCUT2D eigenvalue weighted by Crippen LogP contribution is 2.40. The Morgan fingerprint density at radius 3 is 2.95 bits per heavy atom. The Labute approximate surface area is 126 Å². The Morgan fingerprint density at radius 1 is 1.45 bits per heavy atom. The molecule has 1 heterocycles. The molecule has 6 heteroatoms. The van der Waals surface area contributed by atoms with E-state index in [1.165, 1.54) is 24.2 Å². The van der Waals surface area contributed by atoms with Crippen LogP contribution < -0.4 is 10.6 Å². The molecule has 104 valence electrons. The summed E-state index contributed by atoms with van der Waals surface area (Å²) in [5, 5.41) is 9.01. The molecule has 0 bridgehead atoms. The second-order valence-electron chi connectivity index (χ2n) is 4.75. The highest BCUT2D eigenvalue weighted by atomic mass is 35.5. The summed E-state index contributed by atoms with van der Waals surface area (Å²) < 4.78 is 0. The van der Waals surface area contributed by atoms with Gasteiger partial charge in [0.2, 0.25) is 0 Å². The number of carbonyl (C=O) groups is 1. The van der Waals surface area contributed by atoms with E-state index < -0.39 is 0 Å². The topological polar surface area (TPSA) is 54.0 Å². The Bertz CT molecular complexity index is 652. The van der Waals surface area contributed by atoms with Gasteiger partial charge in [-0.3, -0.25) is 10.1 Å². The first-order valence-electron chi connectivity index (χ1n) is 6.41. The van der Waals surface area contributed by atoms with E-state index in [1.54, 1.807) is 25.2 Å². The molecule has 1 saturated carbocycles. The minimum absolute atomic E-state index is 0.200. The molecule has 2 N–H and O–H groups in total. The second kappa shape index (κ2) is 5.42. The molecular formula is C14H14ClN3OS. The van der Waals surface area contributed by atoms with Crippen LogP contribution in [0.15, 0.2) is 23.6 Å². The number of benzene rings is 1. The molecule has 0 unspecified atom stereocenters. The van der Waals surface area contributed by atoms with Crippen LogP contribution in [0.5, 0.6) is 0 Å². The largest absolute Gasteiger partial charge is 0.387 e. The number of carbonyl (C=O) groups excluding carboxylic acids is 1. The average Bonchev–Trinajstić information content (AvgIpc) is 3.19. The highest BCUT2D eigenvalue weighted by molar-refractivity contribution is 7.14. The standard InChI is InChI=1S/C14H14ClN3OS/c1-16-11-5-4-9(15)6-10(11)13(19)18-14-17-12(7-20-14)8-2-3-8/h4-8,16H,2-3H2,1H3,(H,17,18,19). The molecule has 20 heavy (non-hydrogen) atoms. The van der Waals surface area contributed by atoms with Gasteiger partial charge in [0, 0.05) is 29.1 Å². The van der Waals surface area contributed by atoms with Crippen molar-refractivity contribution < 1.29 is 4.79 Å². The van der Waals surface area contributed by atoms with Crippen LogP contribution in [0.25, 0.3) is 0 Å². The van der Waals surface area contributed by atoms with Gasteiger partial charge in [-0.25, -0.2) is 4.98 Å². The van der Waals surface area contributed by atoms with Crippen molar-refractivity contribution in [3.63, 3.8) is 0 Å². The number of hydrogen-bond donors (Lipinski definition) is 2. The zero-order valence-corrected chi connectivity index (χ0v) is 12.5. The molecule has 0 atom stereocenters. The maximum absolute atomic E-state index is 12.3. The summed E-state index contributed by atoms with van der Waals surface area (Å²) in [5.41, 5.74) is 2.35. The Kier molecular flexibility index (Phi) is 3.63. The first kappa shape index (κ1) is 13.4. The van der Waals surface area contributed by atoms with Crippen molar-refractivity contribution in [1.29, 1.82) is 0 Å².